The largest absolute Gasteiger partial charge is 0.462 e. The van der Waals surface area contributed by atoms with E-state index in [1.165, 1.54) is 225 Å². The quantitative estimate of drug-likeness (QED) is 0.0378. The lowest BCUT2D eigenvalue weighted by Crippen LogP contribution is -2.28. The first-order chi connectivity index (χ1) is 27.6. The van der Waals surface area contributed by atoms with Gasteiger partial charge in [-0.1, -0.05) is 244 Å². The number of ether oxygens (including phenoxy) is 2. The fourth-order valence-electron chi connectivity index (χ4n) is 7.73. The molecule has 1 unspecified atom stereocenters. The zero-order chi connectivity index (χ0) is 40.7. The number of unbranched alkanes of at least 4 members (excludes halogenated alkanes) is 37. The third kappa shape index (κ3) is 45.3. The van der Waals surface area contributed by atoms with Gasteiger partial charge in [0.05, 0.1) is 6.61 Å². The third-order valence-electron chi connectivity index (χ3n) is 11.6. The van der Waals surface area contributed by atoms with E-state index in [2.05, 4.69) is 26.0 Å². The molecule has 0 aliphatic rings. The second kappa shape index (κ2) is 48.0. The summed E-state index contributed by atoms with van der Waals surface area (Å²) in [5.41, 5.74) is 0. The van der Waals surface area contributed by atoms with Crippen molar-refractivity contribution in [1.82, 2.24) is 0 Å². The fourth-order valence-corrected chi connectivity index (χ4v) is 7.73. The maximum Gasteiger partial charge on any atom is 0.306 e. The minimum Gasteiger partial charge on any atom is -0.462 e. The van der Waals surface area contributed by atoms with Crippen molar-refractivity contribution in [1.29, 1.82) is 0 Å². The molecule has 0 aromatic rings. The summed E-state index contributed by atoms with van der Waals surface area (Å²) in [5.74, 6) is -0.572. The molecule has 56 heavy (non-hydrogen) atoms. The van der Waals surface area contributed by atoms with Crippen molar-refractivity contribution < 1.29 is 24.2 Å². The Morgan fingerprint density at radius 1 is 0.393 bits per heavy atom. The summed E-state index contributed by atoms with van der Waals surface area (Å²) in [6, 6.07) is 0. The van der Waals surface area contributed by atoms with E-state index in [1.807, 2.05) is 0 Å². The van der Waals surface area contributed by atoms with Gasteiger partial charge in [-0.15, -0.1) is 0 Å². The first kappa shape index (κ1) is 54.6. The van der Waals surface area contributed by atoms with Gasteiger partial charge in [-0.05, 0) is 38.5 Å². The number of rotatable bonds is 47. The zero-order valence-electron chi connectivity index (χ0n) is 37.9. The Morgan fingerprint density at radius 3 is 0.964 bits per heavy atom. The highest BCUT2D eigenvalue weighted by atomic mass is 16.6. The molecule has 0 radical (unpaired) electrons. The Balaban J connectivity index is 3.44. The molecule has 5 heteroatoms. The lowest BCUT2D eigenvalue weighted by Gasteiger charge is -2.15. The number of carbonyl (C=O) groups is 2. The van der Waals surface area contributed by atoms with Crippen LogP contribution in [0.5, 0.6) is 0 Å². The number of aliphatic hydroxyl groups excluding tert-OH is 1. The summed E-state index contributed by atoms with van der Waals surface area (Å²) in [6.45, 7) is 4.18. The number of carbonyl (C=O) groups excluding carboxylic acids is 2. The smallest absolute Gasteiger partial charge is 0.306 e. The highest BCUT2D eigenvalue weighted by Gasteiger charge is 2.16. The molecule has 0 amide bonds. The number of aliphatic hydroxyl groups is 1. The van der Waals surface area contributed by atoms with E-state index in [1.54, 1.807) is 0 Å². The Labute approximate surface area is 350 Å². The zero-order valence-corrected chi connectivity index (χ0v) is 37.9. The lowest BCUT2D eigenvalue weighted by atomic mass is 10.0. The summed E-state index contributed by atoms with van der Waals surface area (Å²) < 4.78 is 10.7. The van der Waals surface area contributed by atoms with Crippen LogP contribution < -0.4 is 0 Å². The van der Waals surface area contributed by atoms with Crippen molar-refractivity contribution >= 4 is 11.9 Å². The molecule has 0 aromatic carbocycles. The van der Waals surface area contributed by atoms with Gasteiger partial charge < -0.3 is 14.6 Å². The van der Waals surface area contributed by atoms with Crippen molar-refractivity contribution in [3.63, 3.8) is 0 Å². The van der Waals surface area contributed by atoms with Crippen molar-refractivity contribution in [2.75, 3.05) is 13.2 Å². The van der Waals surface area contributed by atoms with Crippen LogP contribution in [0.25, 0.3) is 0 Å². The summed E-state index contributed by atoms with van der Waals surface area (Å²) in [6.07, 6.45) is 57.3. The molecule has 0 spiro atoms. The Hall–Kier alpha value is -1.36. The molecule has 0 saturated heterocycles. The van der Waals surface area contributed by atoms with E-state index >= 15 is 0 Å². The van der Waals surface area contributed by atoms with Crippen LogP contribution in [0, 0.1) is 0 Å². The van der Waals surface area contributed by atoms with E-state index in [4.69, 9.17) is 9.47 Å². The Morgan fingerprint density at radius 2 is 0.661 bits per heavy atom. The second-order valence-electron chi connectivity index (χ2n) is 17.3. The van der Waals surface area contributed by atoms with Gasteiger partial charge in [0.1, 0.15) is 6.61 Å². The summed E-state index contributed by atoms with van der Waals surface area (Å²) >= 11 is 0. The number of hydrogen-bond donors (Lipinski definition) is 1. The van der Waals surface area contributed by atoms with Crippen molar-refractivity contribution in [2.45, 2.75) is 290 Å². The summed E-state index contributed by atoms with van der Waals surface area (Å²) in [7, 11) is 0. The highest BCUT2D eigenvalue weighted by Crippen LogP contribution is 2.17. The van der Waals surface area contributed by atoms with E-state index in [0.29, 0.717) is 12.8 Å². The van der Waals surface area contributed by atoms with Gasteiger partial charge in [-0.2, -0.15) is 0 Å². The van der Waals surface area contributed by atoms with Gasteiger partial charge in [0.2, 0.25) is 0 Å². The van der Waals surface area contributed by atoms with Gasteiger partial charge in [-0.3, -0.25) is 9.59 Å². The molecule has 0 fully saturated rings. The monoisotopic (exact) mass is 791 g/mol. The minimum absolute atomic E-state index is 0.0588. The SMILES string of the molecule is CCCCCCCCC=CCCCCCCCCCCCCCC(=O)OC(CO)COC(=O)CCCCCCCCCCCCCCCCCCCCCCC. The number of allylic oxidation sites excluding steroid dienone is 2. The fraction of sp³-hybridized carbons (Fsp3) is 0.922. The molecule has 0 aromatic heterocycles. The number of esters is 2. The van der Waals surface area contributed by atoms with Gasteiger partial charge in [-0.25, -0.2) is 0 Å². The second-order valence-corrected chi connectivity index (χ2v) is 17.3. The topological polar surface area (TPSA) is 72.8 Å². The van der Waals surface area contributed by atoms with E-state index < -0.39 is 6.10 Å². The summed E-state index contributed by atoms with van der Waals surface area (Å²) in [4.78, 5) is 24.4. The standard InChI is InChI=1S/C51H98O5/c1-3-5-7-9-11-13-15-17-19-21-23-25-27-29-31-33-35-37-39-41-43-45-50(53)55-48-49(47-52)56-51(54)46-44-42-40-38-36-34-32-30-28-26-24-22-20-18-16-14-12-10-8-6-4-2/h18,20,49,52H,3-17,19,21-48H2,1-2H3. The first-order valence-electron chi connectivity index (χ1n) is 25.2. The van der Waals surface area contributed by atoms with Gasteiger partial charge in [0.15, 0.2) is 6.10 Å². The van der Waals surface area contributed by atoms with Gasteiger partial charge >= 0.3 is 11.9 Å². The molecule has 0 saturated carbocycles. The average molecular weight is 791 g/mol. The molecule has 0 aliphatic heterocycles. The maximum atomic E-state index is 12.3. The molecule has 332 valence electrons. The minimum atomic E-state index is -0.766. The molecule has 0 rings (SSSR count). The Kier molecular flexibility index (Phi) is 46.8. The molecule has 1 atom stereocenters. The van der Waals surface area contributed by atoms with Crippen LogP contribution in [-0.2, 0) is 19.1 Å². The average Bonchev–Trinajstić information content (AvgIpc) is 3.20. The molecule has 0 heterocycles. The van der Waals surface area contributed by atoms with Crippen molar-refractivity contribution in [2.24, 2.45) is 0 Å². The maximum absolute atomic E-state index is 12.3. The van der Waals surface area contributed by atoms with Crippen LogP contribution in [0.15, 0.2) is 12.2 Å². The van der Waals surface area contributed by atoms with Crippen LogP contribution in [-0.4, -0.2) is 36.4 Å². The molecule has 0 aliphatic carbocycles. The lowest BCUT2D eigenvalue weighted by molar-refractivity contribution is -0.161. The molecule has 0 bridgehead atoms. The predicted molar refractivity (Wildman–Crippen MR) is 242 cm³/mol. The van der Waals surface area contributed by atoms with Crippen LogP contribution in [0.3, 0.4) is 0 Å². The van der Waals surface area contributed by atoms with Crippen LogP contribution >= 0.6 is 0 Å². The first-order valence-corrected chi connectivity index (χ1v) is 25.2. The highest BCUT2D eigenvalue weighted by molar-refractivity contribution is 5.70. The van der Waals surface area contributed by atoms with E-state index in [9.17, 15) is 14.7 Å². The van der Waals surface area contributed by atoms with Crippen LogP contribution in [0.1, 0.15) is 284 Å². The summed E-state index contributed by atoms with van der Waals surface area (Å²) in [5, 5.41) is 9.62. The van der Waals surface area contributed by atoms with Gasteiger partial charge in [0.25, 0.3) is 0 Å². The molecular weight excluding hydrogens is 693 g/mol. The van der Waals surface area contributed by atoms with Gasteiger partial charge in [0, 0.05) is 12.8 Å². The van der Waals surface area contributed by atoms with Crippen molar-refractivity contribution in [3.05, 3.63) is 12.2 Å². The van der Waals surface area contributed by atoms with Crippen LogP contribution in [0.2, 0.25) is 0 Å². The Bertz CT molecular complexity index is 810. The molecular formula is C51H98O5. The predicted octanol–water partition coefficient (Wildman–Crippen LogP) is 16.4. The van der Waals surface area contributed by atoms with Crippen LogP contribution in [0.4, 0.5) is 0 Å². The van der Waals surface area contributed by atoms with Crippen molar-refractivity contribution in [3.8, 4) is 0 Å². The third-order valence-corrected chi connectivity index (χ3v) is 11.6. The van der Waals surface area contributed by atoms with E-state index in [-0.39, 0.29) is 25.2 Å². The van der Waals surface area contributed by atoms with E-state index in [0.717, 1.165) is 32.1 Å². The molecule has 1 N–H and O–H groups in total. The molecule has 5 nitrogen and oxygen atoms in total. The number of hydrogen-bond acceptors (Lipinski definition) is 5. The normalized spacial score (nSPS) is 12.1.